The number of halogens is 1. The number of aliphatic carboxylic acids is 1. The Balaban J connectivity index is 1.73. The molecule has 6 heteroatoms. The maximum atomic E-state index is 11.2. The second kappa shape index (κ2) is 8.93. The third-order valence-electron chi connectivity index (χ3n) is 5.55. The van der Waals surface area contributed by atoms with E-state index in [1.54, 1.807) is 0 Å². The summed E-state index contributed by atoms with van der Waals surface area (Å²) in [7, 11) is 0. The number of pyridine rings is 1. The summed E-state index contributed by atoms with van der Waals surface area (Å²) in [6.07, 6.45) is 3.54. The zero-order valence-electron chi connectivity index (χ0n) is 16.7. The number of hydrogen-bond acceptors (Lipinski definition) is 4. The Kier molecular flexibility index (Phi) is 6.57. The van der Waals surface area contributed by atoms with Gasteiger partial charge in [-0.3, -0.25) is 9.69 Å². The minimum Gasteiger partial charge on any atom is -0.481 e. The van der Waals surface area contributed by atoms with Gasteiger partial charge in [-0.25, -0.2) is 4.98 Å². The van der Waals surface area contributed by atoms with Crippen molar-refractivity contribution in [2.45, 2.75) is 46.2 Å². The first-order valence-electron chi connectivity index (χ1n) is 9.80. The fraction of sp³-hybridized carbons (Fsp3) is 0.455. The zero-order valence-corrected chi connectivity index (χ0v) is 17.5. The monoisotopic (exact) mass is 401 g/mol. The highest BCUT2D eigenvalue weighted by atomic mass is 35.5. The maximum absolute atomic E-state index is 11.2. The van der Waals surface area contributed by atoms with Crippen LogP contribution in [0.3, 0.4) is 0 Å². The Morgan fingerprint density at radius 3 is 2.79 bits per heavy atom. The van der Waals surface area contributed by atoms with Crippen molar-refractivity contribution in [3.05, 3.63) is 57.7 Å². The van der Waals surface area contributed by atoms with Crippen LogP contribution in [-0.2, 0) is 11.3 Å². The van der Waals surface area contributed by atoms with Gasteiger partial charge >= 0.3 is 5.97 Å². The molecule has 1 saturated heterocycles. The van der Waals surface area contributed by atoms with Crippen LogP contribution >= 0.6 is 11.6 Å². The summed E-state index contributed by atoms with van der Waals surface area (Å²) in [5.74, 6) is -0.105. The molecule has 0 saturated carbocycles. The quantitative estimate of drug-likeness (QED) is 0.696. The van der Waals surface area contributed by atoms with Crippen LogP contribution in [0.15, 0.2) is 30.5 Å². The van der Waals surface area contributed by atoms with Crippen molar-refractivity contribution in [3.63, 3.8) is 0 Å². The summed E-state index contributed by atoms with van der Waals surface area (Å²) in [4.78, 5) is 18.0. The Hall–Kier alpha value is -2.11. The first-order chi connectivity index (χ1) is 13.4. The van der Waals surface area contributed by atoms with Gasteiger partial charge in [0.05, 0.1) is 12.0 Å². The van der Waals surface area contributed by atoms with E-state index in [1.165, 1.54) is 11.1 Å². The van der Waals surface area contributed by atoms with Gasteiger partial charge < -0.3 is 10.4 Å². The number of nitrogens with one attached hydrogen (secondary N) is 1. The van der Waals surface area contributed by atoms with Gasteiger partial charge in [-0.15, -0.1) is 0 Å². The van der Waals surface area contributed by atoms with Gasteiger partial charge in [0.25, 0.3) is 0 Å². The average Bonchev–Trinajstić information content (AvgIpc) is 3.13. The van der Waals surface area contributed by atoms with Crippen molar-refractivity contribution in [2.75, 3.05) is 18.4 Å². The fourth-order valence-corrected chi connectivity index (χ4v) is 3.84. The molecule has 0 radical (unpaired) electrons. The van der Waals surface area contributed by atoms with Crippen LogP contribution in [-0.4, -0.2) is 34.0 Å². The van der Waals surface area contributed by atoms with Crippen LogP contribution in [0.1, 0.15) is 48.1 Å². The number of aromatic nitrogens is 1. The number of benzene rings is 1. The number of carbonyl (C=O) groups is 1. The smallest absolute Gasteiger partial charge is 0.307 e. The highest BCUT2D eigenvalue weighted by molar-refractivity contribution is 6.31. The molecular formula is C22H28ClN3O2. The summed E-state index contributed by atoms with van der Waals surface area (Å²) >= 11 is 6.16. The Morgan fingerprint density at radius 1 is 1.36 bits per heavy atom. The van der Waals surface area contributed by atoms with Crippen molar-refractivity contribution in [1.29, 1.82) is 0 Å². The molecule has 1 aromatic heterocycles. The maximum Gasteiger partial charge on any atom is 0.307 e. The predicted octanol–water partition coefficient (Wildman–Crippen LogP) is 4.82. The molecule has 2 atom stereocenters. The van der Waals surface area contributed by atoms with Gasteiger partial charge in [-0.1, -0.05) is 30.7 Å². The molecule has 2 N–H and O–H groups in total. The second-order valence-electron chi connectivity index (χ2n) is 7.67. The predicted molar refractivity (Wildman–Crippen MR) is 113 cm³/mol. The summed E-state index contributed by atoms with van der Waals surface area (Å²) in [5, 5.41) is 13.5. The lowest BCUT2D eigenvalue weighted by molar-refractivity contribution is -0.141. The van der Waals surface area contributed by atoms with Crippen LogP contribution in [0.4, 0.5) is 5.82 Å². The van der Waals surface area contributed by atoms with Gasteiger partial charge in [0, 0.05) is 24.3 Å². The SMILES string of the molecule is CC[C@@H](Nc1cc(CN2CC[C@@H](C(=O)O)C2)c(C)cn1)c1ccc(Cl)c(C)c1. The molecule has 0 unspecified atom stereocenters. The van der Waals surface area contributed by atoms with E-state index in [0.717, 1.165) is 47.9 Å². The lowest BCUT2D eigenvalue weighted by Crippen LogP contribution is -2.23. The minimum atomic E-state index is -0.694. The molecule has 3 rings (SSSR count). The fourth-order valence-electron chi connectivity index (χ4n) is 3.72. The summed E-state index contributed by atoms with van der Waals surface area (Å²) in [6, 6.07) is 8.37. The van der Waals surface area contributed by atoms with Crippen LogP contribution in [0, 0.1) is 19.8 Å². The van der Waals surface area contributed by atoms with Gasteiger partial charge in [-0.05, 0) is 67.6 Å². The van der Waals surface area contributed by atoms with Crippen molar-refractivity contribution in [2.24, 2.45) is 5.92 Å². The first kappa shape index (κ1) is 20.6. The molecule has 2 heterocycles. The third-order valence-corrected chi connectivity index (χ3v) is 5.97. The van der Waals surface area contributed by atoms with Gasteiger partial charge in [0.15, 0.2) is 0 Å². The number of hydrogen-bond donors (Lipinski definition) is 2. The first-order valence-corrected chi connectivity index (χ1v) is 10.2. The summed E-state index contributed by atoms with van der Waals surface area (Å²) in [6.45, 7) is 8.40. The highest BCUT2D eigenvalue weighted by Crippen LogP contribution is 2.27. The lowest BCUT2D eigenvalue weighted by atomic mass is 10.0. The van der Waals surface area contributed by atoms with Gasteiger partial charge in [-0.2, -0.15) is 0 Å². The Bertz CT molecular complexity index is 856. The van der Waals surface area contributed by atoms with Crippen LogP contribution in [0.2, 0.25) is 5.02 Å². The molecular weight excluding hydrogens is 374 g/mol. The van der Waals surface area contributed by atoms with Crippen molar-refractivity contribution in [1.82, 2.24) is 9.88 Å². The van der Waals surface area contributed by atoms with Crippen molar-refractivity contribution < 1.29 is 9.90 Å². The molecule has 0 spiro atoms. The Morgan fingerprint density at radius 2 is 2.14 bits per heavy atom. The van der Waals surface area contributed by atoms with Crippen LogP contribution in [0.5, 0.6) is 0 Å². The van der Waals surface area contributed by atoms with E-state index >= 15 is 0 Å². The van der Waals surface area contributed by atoms with Gasteiger partial charge in [0.1, 0.15) is 5.82 Å². The molecule has 1 aliphatic rings. The lowest BCUT2D eigenvalue weighted by Gasteiger charge is -2.21. The molecule has 0 aliphatic carbocycles. The summed E-state index contributed by atoms with van der Waals surface area (Å²) in [5.41, 5.74) is 4.57. The van der Waals surface area contributed by atoms with E-state index < -0.39 is 5.97 Å². The second-order valence-corrected chi connectivity index (χ2v) is 8.08. The van der Waals surface area contributed by atoms with E-state index in [-0.39, 0.29) is 12.0 Å². The number of carboxylic acid groups (broad SMARTS) is 1. The number of likely N-dealkylation sites (tertiary alicyclic amines) is 1. The number of aryl methyl sites for hydroxylation is 2. The molecule has 5 nitrogen and oxygen atoms in total. The van der Waals surface area contributed by atoms with Crippen LogP contribution < -0.4 is 5.32 Å². The minimum absolute atomic E-state index is 0.155. The van der Waals surface area contributed by atoms with E-state index in [9.17, 15) is 9.90 Å². The average molecular weight is 402 g/mol. The Labute approximate surface area is 171 Å². The van der Waals surface area contributed by atoms with Crippen molar-refractivity contribution >= 4 is 23.4 Å². The molecule has 1 aliphatic heterocycles. The molecule has 2 aromatic rings. The standard InChI is InChI=1S/C22H28ClN3O2/c1-4-20(16-5-6-19(23)14(2)9-16)25-21-10-18(15(3)11-24-21)13-26-8-7-17(12-26)22(27)28/h5-6,9-11,17,20H,4,7-8,12-13H2,1-3H3,(H,24,25)(H,27,28)/t17-,20-/m1/s1. The normalized spacial score (nSPS) is 18.2. The molecule has 28 heavy (non-hydrogen) atoms. The number of carboxylic acids is 1. The number of nitrogens with zero attached hydrogens (tertiary/aromatic N) is 2. The van der Waals surface area contributed by atoms with E-state index in [0.29, 0.717) is 6.54 Å². The topological polar surface area (TPSA) is 65.5 Å². The molecule has 0 bridgehead atoms. The van der Waals surface area contributed by atoms with Crippen LogP contribution in [0.25, 0.3) is 0 Å². The highest BCUT2D eigenvalue weighted by Gasteiger charge is 2.28. The van der Waals surface area contributed by atoms with E-state index in [4.69, 9.17) is 11.6 Å². The van der Waals surface area contributed by atoms with Crippen molar-refractivity contribution in [3.8, 4) is 0 Å². The molecule has 0 amide bonds. The summed E-state index contributed by atoms with van der Waals surface area (Å²) < 4.78 is 0. The molecule has 1 aromatic carbocycles. The van der Waals surface area contributed by atoms with E-state index in [1.807, 2.05) is 19.2 Å². The number of anilines is 1. The molecule has 1 fully saturated rings. The van der Waals surface area contributed by atoms with E-state index in [2.05, 4.69) is 47.2 Å². The zero-order chi connectivity index (χ0) is 20.3. The third kappa shape index (κ3) is 4.83. The molecule has 150 valence electrons. The van der Waals surface area contributed by atoms with Gasteiger partial charge in [0.2, 0.25) is 0 Å². The largest absolute Gasteiger partial charge is 0.481 e. The number of rotatable bonds is 7.